The Hall–Kier alpha value is -1.39. The number of nitrogens with zero attached hydrogens (tertiary/aromatic N) is 3. The van der Waals surface area contributed by atoms with Gasteiger partial charge in [0.05, 0.1) is 5.02 Å². The fourth-order valence-corrected chi connectivity index (χ4v) is 3.10. The second-order valence-corrected chi connectivity index (χ2v) is 5.71. The van der Waals surface area contributed by atoms with Gasteiger partial charge in [-0.3, -0.25) is 0 Å². The average molecular weight is 292 g/mol. The van der Waals surface area contributed by atoms with Crippen molar-refractivity contribution in [2.75, 3.05) is 24.6 Å². The molecule has 2 aromatic rings. The van der Waals surface area contributed by atoms with Crippen LogP contribution < -0.4 is 4.90 Å². The van der Waals surface area contributed by atoms with Crippen LogP contribution in [0.25, 0.3) is 11.0 Å². The van der Waals surface area contributed by atoms with Crippen molar-refractivity contribution in [3.63, 3.8) is 0 Å². The number of aliphatic hydroxyl groups is 1. The Morgan fingerprint density at radius 1 is 1.45 bits per heavy atom. The second kappa shape index (κ2) is 5.94. The van der Waals surface area contributed by atoms with Gasteiger partial charge in [0.15, 0.2) is 5.65 Å². The number of aromatic nitrogens is 2. The van der Waals surface area contributed by atoms with Crippen LogP contribution in [0.4, 0.5) is 5.82 Å². The average Bonchev–Trinajstić information content (AvgIpc) is 2.48. The standard InChI is InChI=1S/C15H18ClN3O/c16-13-9-14(18-15-12(13)4-1-6-17-15)19-7-2-3-11(10-19)5-8-20/h1,4,6,9,11,20H,2-3,5,7-8,10H2. The van der Waals surface area contributed by atoms with E-state index in [1.165, 1.54) is 6.42 Å². The lowest BCUT2D eigenvalue weighted by molar-refractivity contribution is 0.244. The van der Waals surface area contributed by atoms with E-state index in [9.17, 15) is 0 Å². The van der Waals surface area contributed by atoms with Gasteiger partial charge >= 0.3 is 0 Å². The summed E-state index contributed by atoms with van der Waals surface area (Å²) in [4.78, 5) is 11.2. The van der Waals surface area contributed by atoms with E-state index in [2.05, 4.69) is 14.9 Å². The van der Waals surface area contributed by atoms with Crippen molar-refractivity contribution in [3.05, 3.63) is 29.4 Å². The van der Waals surface area contributed by atoms with Gasteiger partial charge in [0.1, 0.15) is 5.82 Å². The van der Waals surface area contributed by atoms with Crippen molar-refractivity contribution in [3.8, 4) is 0 Å². The van der Waals surface area contributed by atoms with E-state index in [1.807, 2.05) is 18.2 Å². The summed E-state index contributed by atoms with van der Waals surface area (Å²) in [5.41, 5.74) is 0.694. The molecule has 2 aromatic heterocycles. The molecule has 3 rings (SSSR count). The van der Waals surface area contributed by atoms with E-state index in [-0.39, 0.29) is 6.61 Å². The number of hydrogen-bond donors (Lipinski definition) is 1. The molecule has 0 amide bonds. The Labute approximate surface area is 123 Å². The molecular formula is C15H18ClN3O. The molecule has 0 aliphatic carbocycles. The minimum atomic E-state index is 0.256. The number of hydrogen-bond acceptors (Lipinski definition) is 4. The number of piperidine rings is 1. The molecule has 106 valence electrons. The molecule has 1 N–H and O–H groups in total. The Kier molecular flexibility index (Phi) is 4.03. The molecule has 1 atom stereocenters. The fourth-order valence-electron chi connectivity index (χ4n) is 2.86. The van der Waals surface area contributed by atoms with E-state index in [4.69, 9.17) is 16.7 Å². The smallest absolute Gasteiger partial charge is 0.163 e. The number of pyridine rings is 2. The first kappa shape index (κ1) is 13.6. The minimum Gasteiger partial charge on any atom is -0.396 e. The molecule has 0 saturated carbocycles. The van der Waals surface area contributed by atoms with Crippen molar-refractivity contribution in [2.24, 2.45) is 5.92 Å². The molecule has 1 saturated heterocycles. The summed E-state index contributed by atoms with van der Waals surface area (Å²) in [6.45, 7) is 2.18. The van der Waals surface area contributed by atoms with Gasteiger partial charge in [-0.1, -0.05) is 11.6 Å². The van der Waals surface area contributed by atoms with Crippen molar-refractivity contribution < 1.29 is 5.11 Å². The maximum atomic E-state index is 9.10. The van der Waals surface area contributed by atoms with Gasteiger partial charge in [-0.05, 0) is 37.3 Å². The summed E-state index contributed by atoms with van der Waals surface area (Å²) in [7, 11) is 0. The minimum absolute atomic E-state index is 0.256. The molecule has 0 radical (unpaired) electrons. The molecule has 0 spiro atoms. The van der Waals surface area contributed by atoms with Crippen LogP contribution in [0.5, 0.6) is 0 Å². The van der Waals surface area contributed by atoms with E-state index in [1.54, 1.807) is 6.20 Å². The first-order valence-corrected chi connectivity index (χ1v) is 7.43. The molecule has 20 heavy (non-hydrogen) atoms. The summed E-state index contributed by atoms with van der Waals surface area (Å²) >= 11 is 6.33. The zero-order valence-electron chi connectivity index (χ0n) is 11.3. The number of halogens is 1. The van der Waals surface area contributed by atoms with Gasteiger partial charge < -0.3 is 10.0 Å². The normalized spacial score (nSPS) is 19.5. The van der Waals surface area contributed by atoms with Gasteiger partial charge in [-0.15, -0.1) is 0 Å². The molecule has 1 aliphatic heterocycles. The molecule has 0 bridgehead atoms. The van der Waals surface area contributed by atoms with Crippen LogP contribution in [0.1, 0.15) is 19.3 Å². The quantitative estimate of drug-likeness (QED) is 0.945. The van der Waals surface area contributed by atoms with Crippen LogP contribution in [-0.2, 0) is 0 Å². The van der Waals surface area contributed by atoms with Gasteiger partial charge in [0, 0.05) is 37.3 Å². The molecular weight excluding hydrogens is 274 g/mol. The van der Waals surface area contributed by atoms with E-state index < -0.39 is 0 Å². The predicted octanol–water partition coefficient (Wildman–Crippen LogP) is 2.88. The van der Waals surface area contributed by atoms with Gasteiger partial charge in [0.2, 0.25) is 0 Å². The van der Waals surface area contributed by atoms with Crippen LogP contribution >= 0.6 is 11.6 Å². The first-order valence-electron chi connectivity index (χ1n) is 7.05. The summed E-state index contributed by atoms with van der Waals surface area (Å²) in [5.74, 6) is 1.43. The van der Waals surface area contributed by atoms with Crippen LogP contribution in [0.2, 0.25) is 5.02 Å². The Morgan fingerprint density at radius 3 is 3.20 bits per heavy atom. The van der Waals surface area contributed by atoms with Crippen molar-refractivity contribution in [2.45, 2.75) is 19.3 Å². The monoisotopic (exact) mass is 291 g/mol. The van der Waals surface area contributed by atoms with E-state index >= 15 is 0 Å². The second-order valence-electron chi connectivity index (χ2n) is 5.30. The first-order chi connectivity index (χ1) is 9.78. The van der Waals surface area contributed by atoms with Crippen LogP contribution in [0, 0.1) is 5.92 Å². The lowest BCUT2D eigenvalue weighted by Crippen LogP contribution is -2.36. The number of fused-ring (bicyclic) bond motifs is 1. The third-order valence-corrected chi connectivity index (χ3v) is 4.21. The highest BCUT2D eigenvalue weighted by molar-refractivity contribution is 6.35. The molecule has 1 fully saturated rings. The summed E-state index contributed by atoms with van der Waals surface area (Å²) in [6, 6.07) is 5.73. The third kappa shape index (κ3) is 2.72. The van der Waals surface area contributed by atoms with Crippen molar-refractivity contribution in [1.82, 2.24) is 9.97 Å². The van der Waals surface area contributed by atoms with Gasteiger partial charge in [-0.2, -0.15) is 0 Å². The molecule has 0 aromatic carbocycles. The van der Waals surface area contributed by atoms with Crippen LogP contribution in [0.15, 0.2) is 24.4 Å². The number of anilines is 1. The van der Waals surface area contributed by atoms with Gasteiger partial charge in [0.25, 0.3) is 0 Å². The predicted molar refractivity (Wildman–Crippen MR) is 81.2 cm³/mol. The number of aliphatic hydroxyl groups excluding tert-OH is 1. The summed E-state index contributed by atoms with van der Waals surface area (Å²) in [6.07, 6.45) is 4.90. The summed E-state index contributed by atoms with van der Waals surface area (Å²) in [5, 5.41) is 10.7. The third-order valence-electron chi connectivity index (χ3n) is 3.90. The Bertz CT molecular complexity index is 603. The Morgan fingerprint density at radius 2 is 2.35 bits per heavy atom. The SMILES string of the molecule is OCCC1CCCN(c2cc(Cl)c3cccnc3n2)C1. The number of rotatable bonds is 3. The molecule has 3 heterocycles. The van der Waals surface area contributed by atoms with E-state index in [0.717, 1.165) is 37.1 Å². The lowest BCUT2D eigenvalue weighted by atomic mass is 9.95. The maximum absolute atomic E-state index is 9.10. The molecule has 1 aliphatic rings. The van der Waals surface area contributed by atoms with Crippen molar-refractivity contribution in [1.29, 1.82) is 0 Å². The highest BCUT2D eigenvalue weighted by Gasteiger charge is 2.21. The van der Waals surface area contributed by atoms with Crippen LogP contribution in [-0.4, -0.2) is 34.8 Å². The summed E-state index contributed by atoms with van der Waals surface area (Å²) < 4.78 is 0. The van der Waals surface area contributed by atoms with Gasteiger partial charge in [-0.25, -0.2) is 9.97 Å². The zero-order chi connectivity index (χ0) is 13.9. The fraction of sp³-hybridized carbons (Fsp3) is 0.467. The highest BCUT2D eigenvalue weighted by Crippen LogP contribution is 2.29. The highest BCUT2D eigenvalue weighted by atomic mass is 35.5. The van der Waals surface area contributed by atoms with Crippen LogP contribution in [0.3, 0.4) is 0 Å². The lowest BCUT2D eigenvalue weighted by Gasteiger charge is -2.33. The topological polar surface area (TPSA) is 49.2 Å². The molecule has 4 nitrogen and oxygen atoms in total. The molecule has 1 unspecified atom stereocenters. The Balaban J connectivity index is 1.89. The maximum Gasteiger partial charge on any atom is 0.163 e. The molecule has 5 heteroatoms. The largest absolute Gasteiger partial charge is 0.396 e. The zero-order valence-corrected chi connectivity index (χ0v) is 12.1. The van der Waals surface area contributed by atoms with E-state index in [0.29, 0.717) is 16.6 Å². The van der Waals surface area contributed by atoms with Crippen molar-refractivity contribution >= 4 is 28.5 Å².